The van der Waals surface area contributed by atoms with Crippen molar-refractivity contribution in [2.45, 2.75) is 52.7 Å². The third-order valence-electron chi connectivity index (χ3n) is 2.13. The van der Waals surface area contributed by atoms with E-state index in [1.807, 2.05) is 0 Å². The molecule has 0 aliphatic carbocycles. The van der Waals surface area contributed by atoms with Crippen molar-refractivity contribution in [3.05, 3.63) is 11.6 Å². The molecule has 2 nitrogen and oxygen atoms in total. The van der Waals surface area contributed by atoms with Gasteiger partial charge in [0.25, 0.3) is 0 Å². The number of hydrogen-bond acceptors (Lipinski definition) is 2. The van der Waals surface area contributed by atoms with Gasteiger partial charge in [-0.15, -0.1) is 0 Å². The predicted molar refractivity (Wildman–Crippen MR) is 55.3 cm³/mol. The fourth-order valence-electron chi connectivity index (χ4n) is 1.23. The van der Waals surface area contributed by atoms with Gasteiger partial charge in [-0.1, -0.05) is 18.6 Å². The first kappa shape index (κ1) is 12.7. The van der Waals surface area contributed by atoms with Crippen LogP contribution in [0, 0.1) is 5.92 Å². The molecule has 0 saturated carbocycles. The van der Waals surface area contributed by atoms with Crippen LogP contribution in [0.4, 0.5) is 0 Å². The molecule has 0 aromatic heterocycles. The molecule has 78 valence electrons. The molecule has 0 aromatic carbocycles. The van der Waals surface area contributed by atoms with Crippen molar-refractivity contribution in [3.8, 4) is 0 Å². The molecule has 0 radical (unpaired) electrons. The van der Waals surface area contributed by atoms with Crippen LogP contribution >= 0.6 is 0 Å². The minimum atomic E-state index is -1.13. The fourth-order valence-corrected chi connectivity index (χ4v) is 1.23. The largest absolute Gasteiger partial charge is 0.368 e. The van der Waals surface area contributed by atoms with Gasteiger partial charge in [0, 0.05) is 0 Å². The van der Waals surface area contributed by atoms with Gasteiger partial charge in [-0.3, -0.25) is 0 Å². The minimum absolute atomic E-state index is 0.496. The van der Waals surface area contributed by atoms with Gasteiger partial charge in [-0.05, 0) is 45.4 Å². The lowest BCUT2D eigenvalue weighted by molar-refractivity contribution is -0.0486. The second kappa shape index (κ2) is 7.10. The highest BCUT2D eigenvalue weighted by molar-refractivity contribution is 4.92. The third-order valence-corrected chi connectivity index (χ3v) is 2.13. The van der Waals surface area contributed by atoms with Crippen molar-refractivity contribution in [2.24, 2.45) is 5.92 Å². The second-order valence-electron chi connectivity index (χ2n) is 4.02. The molecule has 0 unspecified atom stereocenters. The molecule has 0 aromatic rings. The van der Waals surface area contributed by atoms with Gasteiger partial charge in [-0.2, -0.15) is 0 Å². The van der Waals surface area contributed by atoms with Crippen LogP contribution in [0.25, 0.3) is 0 Å². The van der Waals surface area contributed by atoms with Crippen LogP contribution in [0.1, 0.15) is 46.5 Å². The summed E-state index contributed by atoms with van der Waals surface area (Å²) in [6.07, 6.45) is 4.73. The Morgan fingerprint density at radius 3 is 2.23 bits per heavy atom. The summed E-state index contributed by atoms with van der Waals surface area (Å²) in [5.74, 6) is 0.581. The molecule has 0 rings (SSSR count). The van der Waals surface area contributed by atoms with Crippen molar-refractivity contribution in [1.82, 2.24) is 0 Å². The van der Waals surface area contributed by atoms with Gasteiger partial charge in [0.2, 0.25) is 0 Å². The van der Waals surface area contributed by atoms with Crippen LogP contribution in [0.3, 0.4) is 0 Å². The van der Waals surface area contributed by atoms with Crippen LogP contribution in [0.2, 0.25) is 0 Å². The number of rotatable bonds is 6. The molecule has 0 fully saturated rings. The summed E-state index contributed by atoms with van der Waals surface area (Å²) in [7, 11) is 0. The Hall–Kier alpha value is -0.340. The Morgan fingerprint density at radius 2 is 1.77 bits per heavy atom. The Labute approximate surface area is 81.3 Å². The molecule has 0 spiro atoms. The molecule has 0 bridgehead atoms. The summed E-state index contributed by atoms with van der Waals surface area (Å²) in [5.41, 5.74) is 1.36. The zero-order valence-corrected chi connectivity index (χ0v) is 8.95. The molecule has 0 aliphatic heterocycles. The van der Waals surface area contributed by atoms with Gasteiger partial charge in [-0.25, -0.2) is 0 Å². The Kier molecular flexibility index (Phi) is 6.92. The highest BCUT2D eigenvalue weighted by Gasteiger charge is 2.03. The summed E-state index contributed by atoms with van der Waals surface area (Å²) >= 11 is 0. The first-order valence-electron chi connectivity index (χ1n) is 5.02. The minimum Gasteiger partial charge on any atom is -0.368 e. The fraction of sp³-hybridized carbons (Fsp3) is 0.818. The van der Waals surface area contributed by atoms with Gasteiger partial charge < -0.3 is 10.2 Å². The van der Waals surface area contributed by atoms with Crippen LogP contribution in [0.15, 0.2) is 11.6 Å². The first-order valence-corrected chi connectivity index (χ1v) is 5.02. The quantitative estimate of drug-likeness (QED) is 0.494. The summed E-state index contributed by atoms with van der Waals surface area (Å²) in [6.45, 7) is 6.35. The molecule has 0 heterocycles. The van der Waals surface area contributed by atoms with Crippen molar-refractivity contribution in [2.75, 3.05) is 0 Å². The summed E-state index contributed by atoms with van der Waals surface area (Å²) in [6, 6.07) is 0. The van der Waals surface area contributed by atoms with E-state index in [0.29, 0.717) is 12.3 Å². The van der Waals surface area contributed by atoms with E-state index >= 15 is 0 Å². The second-order valence-corrected chi connectivity index (χ2v) is 4.02. The molecule has 0 amide bonds. The normalized spacial score (nSPS) is 13.1. The Bertz CT molecular complexity index is 146. The smallest absolute Gasteiger partial charge is 0.151 e. The van der Waals surface area contributed by atoms with Crippen LogP contribution in [0.5, 0.6) is 0 Å². The molecule has 2 heteroatoms. The number of aliphatic hydroxyl groups is 2. The van der Waals surface area contributed by atoms with Crippen molar-refractivity contribution >= 4 is 0 Å². The molecule has 2 N–H and O–H groups in total. The summed E-state index contributed by atoms with van der Waals surface area (Å²) < 4.78 is 0. The average molecular weight is 186 g/mol. The van der Waals surface area contributed by atoms with E-state index in [1.54, 1.807) is 0 Å². The summed E-state index contributed by atoms with van der Waals surface area (Å²) in [4.78, 5) is 0. The molecule has 0 saturated heterocycles. The van der Waals surface area contributed by atoms with Gasteiger partial charge >= 0.3 is 0 Å². The van der Waals surface area contributed by atoms with Gasteiger partial charge in [0.1, 0.15) is 0 Å². The Balaban J connectivity index is 3.40. The standard InChI is InChI=1S/C11H22O2/c1-9(2)5-4-6-10(3)7-8-11(12)13/h5,10-13H,4,6-8H2,1-3H3/t10-/m1/s1. The van der Waals surface area contributed by atoms with E-state index in [9.17, 15) is 0 Å². The maximum atomic E-state index is 8.66. The first-order chi connectivity index (χ1) is 6.02. The van der Waals surface area contributed by atoms with Gasteiger partial charge in [0.05, 0.1) is 0 Å². The average Bonchev–Trinajstić information content (AvgIpc) is 2.00. The topological polar surface area (TPSA) is 40.5 Å². The van der Waals surface area contributed by atoms with Crippen LogP contribution in [-0.2, 0) is 0 Å². The number of allylic oxidation sites excluding steroid dienone is 2. The third kappa shape index (κ3) is 9.57. The van der Waals surface area contributed by atoms with E-state index < -0.39 is 6.29 Å². The Morgan fingerprint density at radius 1 is 1.15 bits per heavy atom. The number of aliphatic hydroxyl groups excluding tert-OH is 1. The maximum Gasteiger partial charge on any atom is 0.151 e. The van der Waals surface area contributed by atoms with Crippen molar-refractivity contribution in [3.63, 3.8) is 0 Å². The molecule has 13 heavy (non-hydrogen) atoms. The predicted octanol–water partition coefficient (Wildman–Crippen LogP) is 2.46. The van der Waals surface area contributed by atoms with Crippen molar-refractivity contribution < 1.29 is 10.2 Å². The van der Waals surface area contributed by atoms with E-state index in [0.717, 1.165) is 19.3 Å². The molecular weight excluding hydrogens is 164 g/mol. The van der Waals surface area contributed by atoms with E-state index in [4.69, 9.17) is 10.2 Å². The zero-order chi connectivity index (χ0) is 10.3. The lowest BCUT2D eigenvalue weighted by Gasteiger charge is -2.10. The molecular formula is C11H22O2. The molecule has 1 atom stereocenters. The van der Waals surface area contributed by atoms with Crippen LogP contribution in [-0.4, -0.2) is 16.5 Å². The number of hydrogen-bond donors (Lipinski definition) is 2. The zero-order valence-electron chi connectivity index (χ0n) is 8.95. The highest BCUT2D eigenvalue weighted by Crippen LogP contribution is 2.14. The van der Waals surface area contributed by atoms with E-state index in [2.05, 4.69) is 26.8 Å². The van der Waals surface area contributed by atoms with Gasteiger partial charge in [0.15, 0.2) is 6.29 Å². The highest BCUT2D eigenvalue weighted by atomic mass is 16.5. The van der Waals surface area contributed by atoms with Crippen molar-refractivity contribution in [1.29, 1.82) is 0 Å². The van der Waals surface area contributed by atoms with Crippen LogP contribution < -0.4 is 0 Å². The lowest BCUT2D eigenvalue weighted by Crippen LogP contribution is -2.06. The lowest BCUT2D eigenvalue weighted by atomic mass is 9.99. The summed E-state index contributed by atoms with van der Waals surface area (Å²) in [5, 5.41) is 17.3. The van der Waals surface area contributed by atoms with E-state index in [-0.39, 0.29) is 0 Å². The van der Waals surface area contributed by atoms with E-state index in [1.165, 1.54) is 5.57 Å². The molecule has 0 aliphatic rings. The SMILES string of the molecule is CC(C)=CCC[C@@H](C)CCC(O)O. The maximum absolute atomic E-state index is 8.66. The monoisotopic (exact) mass is 186 g/mol.